The molecule has 2 aromatic rings. The molecule has 1 aromatic heterocycles. The molecule has 1 saturated heterocycles. The van der Waals surface area contributed by atoms with Crippen LogP contribution in [0.25, 0.3) is 0 Å². The van der Waals surface area contributed by atoms with Crippen LogP contribution in [0.3, 0.4) is 0 Å². The highest BCUT2D eigenvalue weighted by molar-refractivity contribution is 7.68. The van der Waals surface area contributed by atoms with Gasteiger partial charge >= 0.3 is 7.94 Å². The summed E-state index contributed by atoms with van der Waals surface area (Å²) >= 11 is 0. The van der Waals surface area contributed by atoms with E-state index in [9.17, 15) is 4.89 Å². The molecular weight excluding hydrogens is 437 g/mol. The van der Waals surface area contributed by atoms with Crippen molar-refractivity contribution in [3.8, 4) is 5.75 Å². The van der Waals surface area contributed by atoms with Crippen LogP contribution < -0.4 is 15.4 Å². The van der Waals surface area contributed by atoms with Gasteiger partial charge in [0.05, 0.1) is 32.7 Å². The summed E-state index contributed by atoms with van der Waals surface area (Å²) < 4.78 is 16.9. The molecule has 9 heteroatoms. The lowest BCUT2D eigenvalue weighted by molar-refractivity contribution is 0.213. The molecule has 2 aliphatic rings. The first-order valence-corrected chi connectivity index (χ1v) is 12.0. The van der Waals surface area contributed by atoms with Gasteiger partial charge in [-0.05, 0) is 43.0 Å². The van der Waals surface area contributed by atoms with E-state index in [-0.39, 0.29) is 12.4 Å². The van der Waals surface area contributed by atoms with Crippen LogP contribution in [0.5, 0.6) is 5.75 Å². The van der Waals surface area contributed by atoms with E-state index in [1.165, 1.54) is 25.3 Å². The molecule has 0 saturated carbocycles. The normalized spacial score (nSPS) is 17.3. The Bertz CT molecular complexity index is 837. The fraction of sp³-hybridized carbons (Fsp3) is 0.500. The Kier molecular flexibility index (Phi) is 8.65. The van der Waals surface area contributed by atoms with Crippen LogP contribution in [-0.4, -0.2) is 48.7 Å². The van der Waals surface area contributed by atoms with E-state index >= 15 is 0 Å². The zero-order valence-corrected chi connectivity index (χ0v) is 19.8. The molecule has 1 fully saturated rings. The zero-order chi connectivity index (χ0) is 21.0. The van der Waals surface area contributed by atoms with Crippen molar-refractivity contribution in [1.29, 1.82) is 0 Å². The van der Waals surface area contributed by atoms with Crippen molar-refractivity contribution >= 4 is 25.7 Å². The molecule has 0 bridgehead atoms. The molecule has 0 amide bonds. The summed E-state index contributed by atoms with van der Waals surface area (Å²) in [6, 6.07) is 10.4. The maximum atomic E-state index is 11.0. The Morgan fingerprint density at radius 1 is 1.13 bits per heavy atom. The Morgan fingerprint density at radius 3 is 2.39 bits per heavy atom. The molecule has 2 aliphatic heterocycles. The van der Waals surface area contributed by atoms with Crippen LogP contribution in [0.15, 0.2) is 36.5 Å². The number of nitrogens with zero attached hydrogens (tertiary/aromatic N) is 2. The third-order valence-corrected chi connectivity index (χ3v) is 7.88. The van der Waals surface area contributed by atoms with Gasteiger partial charge in [0.1, 0.15) is 0 Å². The number of ether oxygens (including phenoxy) is 1. The second-order valence-corrected chi connectivity index (χ2v) is 10.2. The fourth-order valence-corrected chi connectivity index (χ4v) is 5.42. The number of halogens is 1. The highest BCUT2D eigenvalue weighted by Crippen LogP contribution is 2.56. The number of fused-ring (bicyclic) bond motifs is 1. The molecule has 31 heavy (non-hydrogen) atoms. The molecule has 0 spiro atoms. The topological polar surface area (TPSA) is 76.1 Å². The highest BCUT2D eigenvalue weighted by Gasteiger charge is 2.45. The van der Waals surface area contributed by atoms with E-state index in [1.807, 2.05) is 6.07 Å². The number of rotatable bonds is 8. The first kappa shape index (κ1) is 24.3. The SMILES string of the molecule is CO[P+](O)(OC)c1cc(CN2Cc3ccccc3C2)ncc1OCC1CCNCC1.Cl. The lowest BCUT2D eigenvalue weighted by Crippen LogP contribution is -2.31. The van der Waals surface area contributed by atoms with Gasteiger partial charge in [-0.2, -0.15) is 13.9 Å². The molecule has 1 aromatic carbocycles. The van der Waals surface area contributed by atoms with Gasteiger partial charge in [0, 0.05) is 25.7 Å². The van der Waals surface area contributed by atoms with Gasteiger partial charge in [0.2, 0.25) is 5.30 Å². The largest absolute Gasteiger partial charge is 0.487 e. The van der Waals surface area contributed by atoms with Gasteiger partial charge in [-0.15, -0.1) is 12.4 Å². The van der Waals surface area contributed by atoms with Crippen molar-refractivity contribution < 1.29 is 18.7 Å². The van der Waals surface area contributed by atoms with Gasteiger partial charge in [0.15, 0.2) is 5.75 Å². The minimum absolute atomic E-state index is 0. The number of nitrogens with one attached hydrogen (secondary N) is 1. The van der Waals surface area contributed by atoms with Crippen molar-refractivity contribution in [3.63, 3.8) is 0 Å². The van der Waals surface area contributed by atoms with Crippen LogP contribution in [0, 0.1) is 5.92 Å². The van der Waals surface area contributed by atoms with E-state index < -0.39 is 7.94 Å². The lowest BCUT2D eigenvalue weighted by atomic mass is 9.99. The Balaban J connectivity index is 0.00000272. The number of pyridine rings is 1. The quantitative estimate of drug-likeness (QED) is 0.576. The number of aromatic nitrogens is 1. The zero-order valence-electron chi connectivity index (χ0n) is 18.1. The molecular formula is C22H32ClN3O4P+. The first-order valence-electron chi connectivity index (χ1n) is 10.5. The van der Waals surface area contributed by atoms with Gasteiger partial charge in [0.25, 0.3) is 0 Å². The van der Waals surface area contributed by atoms with Gasteiger partial charge in [-0.25, -0.2) is 0 Å². The van der Waals surface area contributed by atoms with Crippen molar-refractivity contribution in [2.75, 3.05) is 33.9 Å². The molecule has 0 aliphatic carbocycles. The third kappa shape index (κ3) is 5.74. The maximum absolute atomic E-state index is 11.0. The lowest BCUT2D eigenvalue weighted by Gasteiger charge is -2.23. The summed E-state index contributed by atoms with van der Waals surface area (Å²) in [6.45, 7) is 5.12. The minimum atomic E-state index is -3.22. The van der Waals surface area contributed by atoms with Crippen LogP contribution in [0.4, 0.5) is 0 Å². The van der Waals surface area contributed by atoms with Crippen molar-refractivity contribution in [2.24, 2.45) is 5.92 Å². The average molecular weight is 469 g/mol. The van der Waals surface area contributed by atoms with Crippen molar-refractivity contribution in [2.45, 2.75) is 32.5 Å². The monoisotopic (exact) mass is 468 g/mol. The van der Waals surface area contributed by atoms with Crippen molar-refractivity contribution in [3.05, 3.63) is 53.3 Å². The summed E-state index contributed by atoms with van der Waals surface area (Å²) in [4.78, 5) is 17.9. The summed E-state index contributed by atoms with van der Waals surface area (Å²) in [5, 5.41) is 3.93. The Morgan fingerprint density at radius 2 is 1.77 bits per heavy atom. The summed E-state index contributed by atoms with van der Waals surface area (Å²) in [7, 11) is -0.290. The van der Waals surface area contributed by atoms with E-state index in [2.05, 4.69) is 39.5 Å². The fourth-order valence-electron chi connectivity index (χ4n) is 4.16. The second-order valence-electron chi connectivity index (χ2n) is 7.95. The number of hydrogen-bond acceptors (Lipinski definition) is 7. The van der Waals surface area contributed by atoms with E-state index in [4.69, 9.17) is 13.8 Å². The van der Waals surface area contributed by atoms with Crippen molar-refractivity contribution in [1.82, 2.24) is 15.2 Å². The molecule has 0 unspecified atom stereocenters. The van der Waals surface area contributed by atoms with E-state index in [1.54, 1.807) is 6.20 Å². The van der Waals surface area contributed by atoms with Crippen LogP contribution >= 0.6 is 20.4 Å². The molecule has 2 N–H and O–H groups in total. The van der Waals surface area contributed by atoms with E-state index in [0.717, 1.165) is 44.7 Å². The number of benzene rings is 1. The first-order chi connectivity index (χ1) is 14.6. The standard InChI is InChI=1S/C22H31N3O4P.ClH/c1-27-30(26,28-2)22-11-20(15-25-13-18-5-3-4-6-19(18)14-25)24-12-21(22)29-16-17-7-9-23-10-8-17;/h3-6,11-12,17,23,26H,7-10,13-16H2,1-2H3;1H/q+1;. The van der Waals surface area contributed by atoms with Gasteiger partial charge < -0.3 is 10.1 Å². The molecule has 0 atom stereocenters. The molecule has 4 rings (SSSR count). The number of piperidine rings is 1. The molecule has 3 heterocycles. The third-order valence-electron chi connectivity index (χ3n) is 5.93. The second kappa shape index (κ2) is 11.0. The summed E-state index contributed by atoms with van der Waals surface area (Å²) in [6.07, 6.45) is 3.88. The predicted octanol–water partition coefficient (Wildman–Crippen LogP) is 3.07. The molecule has 0 radical (unpaired) electrons. The molecule has 7 nitrogen and oxygen atoms in total. The van der Waals surface area contributed by atoms with Gasteiger partial charge in [-0.3, -0.25) is 9.88 Å². The van der Waals surface area contributed by atoms with Crippen LogP contribution in [-0.2, 0) is 28.7 Å². The molecule has 170 valence electrons. The smallest absolute Gasteiger partial charge is 0.449 e. The highest BCUT2D eigenvalue weighted by atomic mass is 35.5. The average Bonchev–Trinajstić information content (AvgIpc) is 3.20. The summed E-state index contributed by atoms with van der Waals surface area (Å²) in [5.74, 6) is 1.04. The van der Waals surface area contributed by atoms with Gasteiger partial charge in [-0.1, -0.05) is 24.3 Å². The Labute approximate surface area is 191 Å². The van der Waals surface area contributed by atoms with E-state index in [0.29, 0.717) is 30.1 Å². The predicted molar refractivity (Wildman–Crippen MR) is 125 cm³/mol. The van der Waals surface area contributed by atoms with Crippen LogP contribution in [0.1, 0.15) is 29.7 Å². The number of hydrogen-bond donors (Lipinski definition) is 2. The summed E-state index contributed by atoms with van der Waals surface area (Å²) in [5.41, 5.74) is 3.58. The van der Waals surface area contributed by atoms with Crippen LogP contribution in [0.2, 0.25) is 0 Å². The Hall–Kier alpha value is -1.31. The minimum Gasteiger partial charge on any atom is -0.487 e. The maximum Gasteiger partial charge on any atom is 0.449 e.